The van der Waals surface area contributed by atoms with Gasteiger partial charge in [0.05, 0.1) is 12.5 Å². The van der Waals surface area contributed by atoms with Gasteiger partial charge in [-0.05, 0) is 37.1 Å². The molecular formula is C12H10FN. The molecule has 1 rings (SSSR count). The Hall–Kier alpha value is -1.80. The summed E-state index contributed by atoms with van der Waals surface area (Å²) in [5.41, 5.74) is 1.94. The molecule has 0 aliphatic heterocycles. The molecule has 0 spiro atoms. The van der Waals surface area contributed by atoms with Gasteiger partial charge in [0.15, 0.2) is 0 Å². The molecule has 0 heterocycles. The van der Waals surface area contributed by atoms with Crippen molar-refractivity contribution in [1.29, 1.82) is 5.26 Å². The van der Waals surface area contributed by atoms with E-state index in [2.05, 4.69) is 11.8 Å². The maximum Gasteiger partial charge on any atom is 0.129 e. The molecule has 0 unspecified atom stereocenters. The average molecular weight is 187 g/mol. The SMILES string of the molecule is Cc1cc(C#CCC#N)cc(C)c1F. The van der Waals surface area contributed by atoms with Crippen LogP contribution in [0.15, 0.2) is 12.1 Å². The van der Waals surface area contributed by atoms with Crippen molar-refractivity contribution in [3.05, 3.63) is 34.6 Å². The monoisotopic (exact) mass is 187 g/mol. The number of halogens is 1. The van der Waals surface area contributed by atoms with E-state index in [0.29, 0.717) is 11.1 Å². The lowest BCUT2D eigenvalue weighted by Gasteiger charge is -2.01. The minimum Gasteiger partial charge on any atom is -0.206 e. The minimum atomic E-state index is -0.184. The maximum absolute atomic E-state index is 13.2. The van der Waals surface area contributed by atoms with E-state index >= 15 is 0 Å². The van der Waals surface area contributed by atoms with E-state index in [4.69, 9.17) is 5.26 Å². The van der Waals surface area contributed by atoms with Crippen LogP contribution in [0, 0.1) is 42.8 Å². The fourth-order valence-corrected chi connectivity index (χ4v) is 1.20. The molecule has 0 radical (unpaired) electrons. The molecular weight excluding hydrogens is 177 g/mol. The Kier molecular flexibility index (Phi) is 3.26. The van der Waals surface area contributed by atoms with Gasteiger partial charge in [-0.15, -0.1) is 0 Å². The molecule has 0 bridgehead atoms. The van der Waals surface area contributed by atoms with E-state index in [1.165, 1.54) is 0 Å². The number of nitrogens with zero attached hydrogens (tertiary/aromatic N) is 1. The maximum atomic E-state index is 13.2. The third kappa shape index (κ3) is 2.34. The van der Waals surface area contributed by atoms with Crippen LogP contribution in [0.4, 0.5) is 4.39 Å². The number of benzene rings is 1. The van der Waals surface area contributed by atoms with Crippen molar-refractivity contribution in [3.63, 3.8) is 0 Å². The molecule has 0 N–H and O–H groups in total. The molecule has 0 fully saturated rings. The standard InChI is InChI=1S/C12H10FN/c1-9-7-11(5-3-4-6-14)8-10(2)12(9)13/h7-8H,4H2,1-2H3. The lowest BCUT2D eigenvalue weighted by Crippen LogP contribution is -1.89. The molecule has 1 aromatic rings. The highest BCUT2D eigenvalue weighted by molar-refractivity contribution is 5.41. The predicted octanol–water partition coefficient (Wildman–Crippen LogP) is 2.71. The zero-order chi connectivity index (χ0) is 10.6. The van der Waals surface area contributed by atoms with Gasteiger partial charge in [-0.1, -0.05) is 11.8 Å². The molecule has 0 atom stereocenters. The normalized spacial score (nSPS) is 8.71. The molecule has 0 saturated carbocycles. The van der Waals surface area contributed by atoms with Crippen LogP contribution < -0.4 is 0 Å². The van der Waals surface area contributed by atoms with Gasteiger partial charge >= 0.3 is 0 Å². The second kappa shape index (κ2) is 4.44. The van der Waals surface area contributed by atoms with E-state index in [1.807, 2.05) is 6.07 Å². The second-order valence-corrected chi connectivity index (χ2v) is 3.06. The summed E-state index contributed by atoms with van der Waals surface area (Å²) in [5.74, 6) is 5.32. The van der Waals surface area contributed by atoms with Gasteiger partial charge in [0.25, 0.3) is 0 Å². The molecule has 70 valence electrons. The smallest absolute Gasteiger partial charge is 0.129 e. The molecule has 0 aliphatic rings. The Morgan fingerprint density at radius 2 is 1.86 bits per heavy atom. The number of rotatable bonds is 0. The van der Waals surface area contributed by atoms with E-state index in [9.17, 15) is 4.39 Å². The quantitative estimate of drug-likeness (QED) is 0.573. The van der Waals surface area contributed by atoms with E-state index in [-0.39, 0.29) is 12.2 Å². The molecule has 0 aromatic heterocycles. The van der Waals surface area contributed by atoms with Crippen LogP contribution in [0.5, 0.6) is 0 Å². The highest BCUT2D eigenvalue weighted by atomic mass is 19.1. The summed E-state index contributed by atoms with van der Waals surface area (Å²) in [6.07, 6.45) is 0.204. The van der Waals surface area contributed by atoms with Gasteiger partial charge in [0, 0.05) is 5.56 Å². The predicted molar refractivity (Wildman–Crippen MR) is 53.0 cm³/mol. The van der Waals surface area contributed by atoms with Gasteiger partial charge in [0.1, 0.15) is 5.82 Å². The summed E-state index contributed by atoms with van der Waals surface area (Å²) in [4.78, 5) is 0. The first-order valence-corrected chi connectivity index (χ1v) is 4.27. The van der Waals surface area contributed by atoms with Gasteiger partial charge in [0.2, 0.25) is 0 Å². The van der Waals surface area contributed by atoms with Crippen molar-refractivity contribution < 1.29 is 4.39 Å². The van der Waals surface area contributed by atoms with E-state index in [1.54, 1.807) is 26.0 Å². The van der Waals surface area contributed by atoms with Crippen LogP contribution in [0.25, 0.3) is 0 Å². The lowest BCUT2D eigenvalue weighted by atomic mass is 10.1. The Balaban J connectivity index is 3.04. The Morgan fingerprint density at radius 1 is 1.29 bits per heavy atom. The summed E-state index contributed by atoms with van der Waals surface area (Å²) in [6.45, 7) is 3.41. The number of hydrogen-bond acceptors (Lipinski definition) is 1. The molecule has 0 amide bonds. The van der Waals surface area contributed by atoms with Crippen LogP contribution >= 0.6 is 0 Å². The topological polar surface area (TPSA) is 23.8 Å². The summed E-state index contributed by atoms with van der Waals surface area (Å²) in [5, 5.41) is 8.29. The van der Waals surface area contributed by atoms with Crippen LogP contribution in [-0.2, 0) is 0 Å². The zero-order valence-electron chi connectivity index (χ0n) is 8.19. The van der Waals surface area contributed by atoms with Crippen molar-refractivity contribution in [1.82, 2.24) is 0 Å². The first-order chi connectivity index (χ1) is 6.65. The molecule has 14 heavy (non-hydrogen) atoms. The summed E-state index contributed by atoms with van der Waals surface area (Å²) in [6, 6.07) is 5.31. The fraction of sp³-hybridized carbons (Fsp3) is 0.250. The van der Waals surface area contributed by atoms with Crippen LogP contribution in [0.1, 0.15) is 23.1 Å². The Morgan fingerprint density at radius 3 is 2.36 bits per heavy atom. The molecule has 0 aliphatic carbocycles. The first kappa shape index (κ1) is 10.3. The van der Waals surface area contributed by atoms with Crippen molar-refractivity contribution in [2.75, 3.05) is 0 Å². The highest BCUT2D eigenvalue weighted by Gasteiger charge is 2.01. The molecule has 2 heteroatoms. The summed E-state index contributed by atoms with van der Waals surface area (Å²) in [7, 11) is 0. The fourth-order valence-electron chi connectivity index (χ4n) is 1.20. The zero-order valence-corrected chi connectivity index (χ0v) is 8.19. The molecule has 1 nitrogen and oxygen atoms in total. The largest absolute Gasteiger partial charge is 0.206 e. The Labute approximate surface area is 83.2 Å². The van der Waals surface area contributed by atoms with Crippen LogP contribution in [0.3, 0.4) is 0 Å². The summed E-state index contributed by atoms with van der Waals surface area (Å²) < 4.78 is 13.2. The minimum absolute atomic E-state index is 0.184. The van der Waals surface area contributed by atoms with Crippen LogP contribution in [0.2, 0.25) is 0 Å². The van der Waals surface area contributed by atoms with Crippen molar-refractivity contribution in [2.45, 2.75) is 20.3 Å². The number of aryl methyl sites for hydroxylation is 2. The third-order valence-electron chi connectivity index (χ3n) is 1.84. The third-order valence-corrected chi connectivity index (χ3v) is 1.84. The summed E-state index contributed by atoms with van der Waals surface area (Å²) >= 11 is 0. The van der Waals surface area contributed by atoms with Crippen molar-refractivity contribution in [3.8, 4) is 17.9 Å². The Bertz CT molecular complexity index is 421. The number of hydrogen-bond donors (Lipinski definition) is 0. The van der Waals surface area contributed by atoms with Gasteiger partial charge in [-0.3, -0.25) is 0 Å². The molecule has 1 aromatic carbocycles. The van der Waals surface area contributed by atoms with Crippen LogP contribution in [-0.4, -0.2) is 0 Å². The van der Waals surface area contributed by atoms with Gasteiger partial charge in [-0.25, -0.2) is 4.39 Å². The van der Waals surface area contributed by atoms with Crippen molar-refractivity contribution >= 4 is 0 Å². The average Bonchev–Trinajstić information content (AvgIpc) is 2.14. The lowest BCUT2D eigenvalue weighted by molar-refractivity contribution is 0.609. The van der Waals surface area contributed by atoms with Crippen molar-refractivity contribution in [2.24, 2.45) is 0 Å². The first-order valence-electron chi connectivity index (χ1n) is 4.27. The van der Waals surface area contributed by atoms with E-state index in [0.717, 1.165) is 5.56 Å². The second-order valence-electron chi connectivity index (χ2n) is 3.06. The number of nitriles is 1. The van der Waals surface area contributed by atoms with Gasteiger partial charge < -0.3 is 0 Å². The highest BCUT2D eigenvalue weighted by Crippen LogP contribution is 2.13. The van der Waals surface area contributed by atoms with Gasteiger partial charge in [-0.2, -0.15) is 5.26 Å². The molecule has 0 saturated heterocycles. The van der Waals surface area contributed by atoms with E-state index < -0.39 is 0 Å².